The number of thiophene rings is 1. The molecule has 0 saturated heterocycles. The van der Waals surface area contributed by atoms with Crippen molar-refractivity contribution in [1.82, 2.24) is 19.6 Å². The van der Waals surface area contributed by atoms with E-state index >= 15 is 0 Å². The number of imide groups is 1. The molecule has 0 bridgehead atoms. The van der Waals surface area contributed by atoms with Gasteiger partial charge in [0.1, 0.15) is 15.4 Å². The number of amides is 2. The van der Waals surface area contributed by atoms with Gasteiger partial charge in [0.05, 0.1) is 11.2 Å². The second-order valence-corrected chi connectivity index (χ2v) is 8.75. The third kappa shape index (κ3) is 3.46. The number of hydrogen-bond acceptors (Lipinski definition) is 7. The highest BCUT2D eigenvalue weighted by Crippen LogP contribution is 2.39. The first-order chi connectivity index (χ1) is 16.4. The van der Waals surface area contributed by atoms with Gasteiger partial charge >= 0.3 is 0 Å². The molecule has 4 heterocycles. The summed E-state index contributed by atoms with van der Waals surface area (Å²) < 4.78 is 1.35. The minimum Gasteiger partial charge on any atom is -0.273 e. The van der Waals surface area contributed by atoms with Crippen LogP contribution in [-0.2, 0) is 9.59 Å². The smallest absolute Gasteiger partial charge is 0.273 e. The monoisotopic (exact) mass is 469 g/mol. The highest BCUT2D eigenvalue weighted by atomic mass is 32.1. The zero-order valence-corrected chi connectivity index (χ0v) is 19.5. The molecule has 0 saturated carbocycles. The van der Waals surface area contributed by atoms with Crippen LogP contribution in [0.1, 0.15) is 19.7 Å². The number of rotatable bonds is 3. The maximum atomic E-state index is 13.5. The quantitative estimate of drug-likeness (QED) is 0.395. The fourth-order valence-electron chi connectivity index (χ4n) is 4.03. The number of pyridine rings is 2. The first-order valence-corrected chi connectivity index (χ1v) is 11.3. The normalized spacial score (nSPS) is 11.1. The number of benzene rings is 1. The van der Waals surface area contributed by atoms with Gasteiger partial charge in [0.2, 0.25) is 11.8 Å². The zero-order valence-electron chi connectivity index (χ0n) is 18.6. The third-order valence-electron chi connectivity index (χ3n) is 5.44. The van der Waals surface area contributed by atoms with Gasteiger partial charge in [0, 0.05) is 37.2 Å². The lowest BCUT2D eigenvalue weighted by atomic mass is 10.0. The molecule has 0 unspecified atom stereocenters. The highest BCUT2D eigenvalue weighted by Gasteiger charge is 2.25. The summed E-state index contributed by atoms with van der Waals surface area (Å²) in [5, 5.41) is 1.56. The summed E-state index contributed by atoms with van der Waals surface area (Å²) in [6.45, 7) is 4.07. The van der Waals surface area contributed by atoms with Crippen LogP contribution in [0.4, 0.5) is 0 Å². The number of fused-ring (bicyclic) bond motifs is 3. The first kappa shape index (κ1) is 21.6. The summed E-state index contributed by atoms with van der Waals surface area (Å²) in [6.07, 6.45) is 3.44. The van der Waals surface area contributed by atoms with Crippen molar-refractivity contribution >= 4 is 43.6 Å². The minimum absolute atomic E-state index is 0.234. The molecule has 34 heavy (non-hydrogen) atoms. The number of aromatic nitrogens is 4. The van der Waals surface area contributed by atoms with Gasteiger partial charge in [-0.05, 0) is 36.2 Å². The molecule has 0 aliphatic carbocycles. The SMILES string of the molecule is CC(=O)N(C(C)=O)n1c(C)nc2c(sc3nc(-c4cccnc4)cc(-c4ccccc4)c32)c1=O. The maximum Gasteiger partial charge on any atom is 0.291 e. The molecule has 0 radical (unpaired) electrons. The Morgan fingerprint density at radius 3 is 2.32 bits per heavy atom. The summed E-state index contributed by atoms with van der Waals surface area (Å²) >= 11 is 1.19. The molecule has 0 aliphatic heterocycles. The number of aryl methyl sites for hydroxylation is 1. The lowest BCUT2D eigenvalue weighted by Crippen LogP contribution is -2.49. The second-order valence-electron chi connectivity index (χ2n) is 7.75. The third-order valence-corrected chi connectivity index (χ3v) is 6.50. The van der Waals surface area contributed by atoms with Crippen LogP contribution in [0.2, 0.25) is 0 Å². The Bertz CT molecular complexity index is 1630. The topological polar surface area (TPSA) is 98.1 Å². The van der Waals surface area contributed by atoms with E-state index in [1.54, 1.807) is 19.3 Å². The molecule has 0 N–H and O–H groups in total. The predicted octanol–water partition coefficient (Wildman–Crippen LogP) is 4.07. The van der Waals surface area contributed by atoms with E-state index < -0.39 is 17.4 Å². The number of carbonyl (C=O) groups is 2. The van der Waals surface area contributed by atoms with Crippen molar-refractivity contribution in [3.8, 4) is 22.4 Å². The van der Waals surface area contributed by atoms with Gasteiger partial charge in [0.15, 0.2) is 0 Å². The van der Waals surface area contributed by atoms with Crippen LogP contribution in [-0.4, -0.2) is 31.4 Å². The lowest BCUT2D eigenvalue weighted by Gasteiger charge is -2.20. The Balaban J connectivity index is 1.89. The largest absolute Gasteiger partial charge is 0.291 e. The molecule has 5 aromatic rings. The standard InChI is InChI=1S/C25H19N5O3S/c1-14-27-22-21-19(17-8-5-4-6-9-17)12-20(18-10-7-11-26-13-18)28-24(21)34-23(22)25(33)29(14)30(15(2)31)16(3)32/h4-13H,1-3H3. The first-order valence-electron chi connectivity index (χ1n) is 10.5. The van der Waals surface area contributed by atoms with E-state index in [1.165, 1.54) is 25.2 Å². The average molecular weight is 470 g/mol. The number of carbonyl (C=O) groups excluding carboxylic acids is 2. The highest BCUT2D eigenvalue weighted by molar-refractivity contribution is 7.25. The Morgan fingerprint density at radius 2 is 1.68 bits per heavy atom. The van der Waals surface area contributed by atoms with E-state index in [1.807, 2.05) is 48.5 Å². The van der Waals surface area contributed by atoms with Gasteiger partial charge in [-0.2, -0.15) is 9.69 Å². The molecule has 1 aromatic carbocycles. The molecule has 0 spiro atoms. The fraction of sp³-hybridized carbons (Fsp3) is 0.120. The van der Waals surface area contributed by atoms with E-state index in [0.717, 1.165) is 37.5 Å². The lowest BCUT2D eigenvalue weighted by molar-refractivity contribution is -0.126. The van der Waals surface area contributed by atoms with E-state index in [9.17, 15) is 14.4 Å². The second kappa shape index (κ2) is 8.27. The summed E-state index contributed by atoms with van der Waals surface area (Å²) in [4.78, 5) is 52.1. The average Bonchev–Trinajstić information content (AvgIpc) is 3.20. The van der Waals surface area contributed by atoms with Crippen LogP contribution >= 0.6 is 11.3 Å². The summed E-state index contributed by atoms with van der Waals surface area (Å²) in [7, 11) is 0. The minimum atomic E-state index is -0.568. The van der Waals surface area contributed by atoms with Crippen molar-refractivity contribution < 1.29 is 9.59 Å². The van der Waals surface area contributed by atoms with Gasteiger partial charge in [-0.3, -0.25) is 19.4 Å². The molecular weight excluding hydrogens is 450 g/mol. The molecule has 5 rings (SSSR count). The van der Waals surface area contributed by atoms with Crippen LogP contribution < -0.4 is 10.6 Å². The fourth-order valence-corrected chi connectivity index (χ4v) is 5.10. The summed E-state index contributed by atoms with van der Waals surface area (Å²) in [5.74, 6) is -0.901. The van der Waals surface area contributed by atoms with E-state index in [0.29, 0.717) is 15.0 Å². The Morgan fingerprint density at radius 1 is 0.971 bits per heavy atom. The van der Waals surface area contributed by atoms with Crippen LogP contribution in [0.25, 0.3) is 42.8 Å². The maximum absolute atomic E-state index is 13.5. The molecule has 168 valence electrons. The van der Waals surface area contributed by atoms with E-state index in [4.69, 9.17) is 4.98 Å². The van der Waals surface area contributed by atoms with Crippen LogP contribution in [0.15, 0.2) is 65.7 Å². The van der Waals surface area contributed by atoms with Gasteiger partial charge in [-0.25, -0.2) is 9.97 Å². The molecule has 4 aromatic heterocycles. The molecule has 2 amide bonds. The zero-order chi connectivity index (χ0) is 24.0. The van der Waals surface area contributed by atoms with Crippen molar-refractivity contribution in [3.63, 3.8) is 0 Å². The van der Waals surface area contributed by atoms with Gasteiger partial charge in [-0.15, -0.1) is 11.3 Å². The van der Waals surface area contributed by atoms with Crippen molar-refractivity contribution in [3.05, 3.63) is 77.1 Å². The molecule has 9 heteroatoms. The number of nitrogens with zero attached hydrogens (tertiary/aromatic N) is 5. The van der Waals surface area contributed by atoms with E-state index in [2.05, 4.69) is 9.97 Å². The van der Waals surface area contributed by atoms with E-state index in [-0.39, 0.29) is 5.82 Å². The molecular formula is C25H19N5O3S. The summed E-state index contributed by atoms with van der Waals surface area (Å²) in [5.41, 5.74) is 3.41. The molecule has 0 fully saturated rings. The Labute approximate surface area is 198 Å². The molecule has 0 aliphatic rings. The summed E-state index contributed by atoms with van der Waals surface area (Å²) in [6, 6.07) is 15.6. The van der Waals surface area contributed by atoms with Crippen LogP contribution in [0.3, 0.4) is 0 Å². The Hall–Kier alpha value is -4.24. The van der Waals surface area contributed by atoms with Crippen molar-refractivity contribution in [1.29, 1.82) is 0 Å². The van der Waals surface area contributed by atoms with Crippen LogP contribution in [0, 0.1) is 6.92 Å². The molecule has 0 atom stereocenters. The van der Waals surface area contributed by atoms with Gasteiger partial charge in [-0.1, -0.05) is 30.3 Å². The van der Waals surface area contributed by atoms with Crippen molar-refractivity contribution in [2.45, 2.75) is 20.8 Å². The van der Waals surface area contributed by atoms with Crippen molar-refractivity contribution in [2.24, 2.45) is 0 Å². The molecule has 8 nitrogen and oxygen atoms in total. The van der Waals surface area contributed by atoms with Crippen LogP contribution in [0.5, 0.6) is 0 Å². The Kier molecular flexibility index (Phi) is 5.25. The van der Waals surface area contributed by atoms with Gasteiger partial charge < -0.3 is 0 Å². The number of hydrogen-bond donors (Lipinski definition) is 0. The van der Waals surface area contributed by atoms with Gasteiger partial charge in [0.25, 0.3) is 5.56 Å². The van der Waals surface area contributed by atoms with Crippen molar-refractivity contribution in [2.75, 3.05) is 5.01 Å². The predicted molar refractivity (Wildman–Crippen MR) is 132 cm³/mol.